The Kier molecular flexibility index (Phi) is 2.87. The van der Waals surface area contributed by atoms with Crippen LogP contribution in [0.4, 0.5) is 4.39 Å². The number of halogens is 1. The first kappa shape index (κ1) is 10.6. The molecule has 0 saturated heterocycles. The summed E-state index contributed by atoms with van der Waals surface area (Å²) in [6, 6.07) is 4.19. The lowest BCUT2D eigenvalue weighted by molar-refractivity contribution is 0.404. The van der Waals surface area contributed by atoms with Crippen molar-refractivity contribution in [3.05, 3.63) is 35.8 Å². The van der Waals surface area contributed by atoms with Gasteiger partial charge in [0.2, 0.25) is 0 Å². The zero-order valence-electron chi connectivity index (χ0n) is 8.74. The Morgan fingerprint density at radius 3 is 3.00 bits per heavy atom. The van der Waals surface area contributed by atoms with Gasteiger partial charge in [-0.05, 0) is 18.2 Å². The van der Waals surface area contributed by atoms with Crippen LogP contribution in [-0.4, -0.2) is 12.3 Å². The maximum atomic E-state index is 13.2. The smallest absolute Gasteiger partial charge is 0.175 e. The molecule has 0 atom stereocenters. The number of nitrogens with two attached hydrogens (primary N) is 1. The number of benzene rings is 1. The van der Waals surface area contributed by atoms with Gasteiger partial charge >= 0.3 is 0 Å². The van der Waals surface area contributed by atoms with Crippen molar-refractivity contribution in [3.63, 3.8) is 0 Å². The molecule has 0 bridgehead atoms. The molecule has 0 fully saturated rings. The van der Waals surface area contributed by atoms with E-state index in [-0.39, 0.29) is 12.4 Å². The molecule has 0 saturated carbocycles. The Balaban J connectivity index is 2.58. The molecule has 0 aliphatic rings. The summed E-state index contributed by atoms with van der Waals surface area (Å²) < 4.78 is 23.4. The molecule has 1 aromatic heterocycles. The Morgan fingerprint density at radius 2 is 2.31 bits per heavy atom. The molecule has 0 amide bonds. The molecule has 84 valence electrons. The fraction of sp³-hybridized carbons (Fsp3) is 0.182. The van der Waals surface area contributed by atoms with Gasteiger partial charge in [-0.15, -0.1) is 0 Å². The van der Waals surface area contributed by atoms with Crippen molar-refractivity contribution in [2.75, 3.05) is 7.11 Å². The number of ether oxygens (including phenoxy) is 1. The second kappa shape index (κ2) is 4.32. The van der Waals surface area contributed by atoms with Gasteiger partial charge in [0, 0.05) is 12.1 Å². The van der Waals surface area contributed by atoms with E-state index in [0.717, 1.165) is 0 Å². The molecule has 1 heterocycles. The highest BCUT2D eigenvalue weighted by atomic mass is 19.1. The minimum Gasteiger partial charge on any atom is -0.496 e. The second-order valence-corrected chi connectivity index (χ2v) is 3.23. The summed E-state index contributed by atoms with van der Waals surface area (Å²) in [5.41, 5.74) is 6.75. The molecule has 16 heavy (non-hydrogen) atoms. The van der Waals surface area contributed by atoms with Crippen molar-refractivity contribution in [2.45, 2.75) is 6.54 Å². The molecule has 4 nitrogen and oxygen atoms in total. The van der Waals surface area contributed by atoms with Crippen molar-refractivity contribution >= 4 is 0 Å². The van der Waals surface area contributed by atoms with Gasteiger partial charge in [0.1, 0.15) is 11.6 Å². The fourth-order valence-corrected chi connectivity index (χ4v) is 1.49. The highest BCUT2D eigenvalue weighted by molar-refractivity contribution is 5.68. The number of rotatable bonds is 3. The van der Waals surface area contributed by atoms with Gasteiger partial charge in [-0.2, -0.15) is 0 Å². The number of hydrogen-bond acceptors (Lipinski definition) is 4. The lowest BCUT2D eigenvalue weighted by atomic mass is 10.1. The van der Waals surface area contributed by atoms with Crippen molar-refractivity contribution in [1.82, 2.24) is 5.16 Å². The van der Waals surface area contributed by atoms with E-state index in [1.807, 2.05) is 0 Å². The zero-order chi connectivity index (χ0) is 11.5. The van der Waals surface area contributed by atoms with Crippen LogP contribution in [0.15, 0.2) is 28.9 Å². The Bertz CT molecular complexity index is 496. The van der Waals surface area contributed by atoms with Gasteiger partial charge in [-0.25, -0.2) is 4.39 Å². The summed E-state index contributed by atoms with van der Waals surface area (Å²) >= 11 is 0. The van der Waals surface area contributed by atoms with E-state index < -0.39 is 0 Å². The van der Waals surface area contributed by atoms with Crippen molar-refractivity contribution < 1.29 is 13.7 Å². The molecular weight excluding hydrogens is 211 g/mol. The lowest BCUT2D eigenvalue weighted by Crippen LogP contribution is -1.97. The maximum absolute atomic E-state index is 13.2. The van der Waals surface area contributed by atoms with E-state index in [1.54, 1.807) is 0 Å². The van der Waals surface area contributed by atoms with Crippen LogP contribution in [-0.2, 0) is 6.54 Å². The average molecular weight is 222 g/mol. The molecule has 5 heteroatoms. The molecular formula is C11H11FN2O2. The van der Waals surface area contributed by atoms with Crippen LogP contribution in [0.25, 0.3) is 11.3 Å². The first-order chi connectivity index (χ1) is 7.76. The van der Waals surface area contributed by atoms with Crippen LogP contribution in [0.2, 0.25) is 0 Å². The summed E-state index contributed by atoms with van der Waals surface area (Å²) in [5, 5.41) is 3.64. The number of aromatic nitrogens is 1. The van der Waals surface area contributed by atoms with Gasteiger partial charge in [-0.1, -0.05) is 5.16 Å². The van der Waals surface area contributed by atoms with Crippen LogP contribution < -0.4 is 10.5 Å². The third-order valence-corrected chi connectivity index (χ3v) is 2.27. The monoisotopic (exact) mass is 222 g/mol. The normalized spacial score (nSPS) is 10.4. The predicted octanol–water partition coefficient (Wildman–Crippen LogP) is 1.95. The zero-order valence-corrected chi connectivity index (χ0v) is 8.74. The average Bonchev–Trinajstić information content (AvgIpc) is 2.76. The Hall–Kier alpha value is -1.88. The lowest BCUT2D eigenvalue weighted by Gasteiger charge is -2.06. The highest BCUT2D eigenvalue weighted by Gasteiger charge is 2.15. The van der Waals surface area contributed by atoms with Crippen molar-refractivity contribution in [1.29, 1.82) is 0 Å². The SMILES string of the molecule is COc1ccc(F)cc1-c1oncc1CN. The van der Waals surface area contributed by atoms with E-state index in [0.29, 0.717) is 22.6 Å². The molecule has 0 spiro atoms. The molecule has 0 aliphatic heterocycles. The second-order valence-electron chi connectivity index (χ2n) is 3.23. The minimum atomic E-state index is -0.366. The number of methoxy groups -OCH3 is 1. The Morgan fingerprint density at radius 1 is 1.50 bits per heavy atom. The largest absolute Gasteiger partial charge is 0.496 e. The molecule has 0 unspecified atom stereocenters. The number of hydrogen-bond donors (Lipinski definition) is 1. The van der Waals surface area contributed by atoms with Crippen LogP contribution in [0.1, 0.15) is 5.56 Å². The molecule has 2 N–H and O–H groups in total. The van der Waals surface area contributed by atoms with E-state index in [2.05, 4.69) is 5.16 Å². The van der Waals surface area contributed by atoms with Gasteiger partial charge in [-0.3, -0.25) is 0 Å². The van der Waals surface area contributed by atoms with E-state index in [9.17, 15) is 4.39 Å². The molecule has 0 aliphatic carbocycles. The van der Waals surface area contributed by atoms with E-state index in [4.69, 9.17) is 15.0 Å². The molecule has 2 aromatic rings. The maximum Gasteiger partial charge on any atom is 0.175 e. The first-order valence-electron chi connectivity index (χ1n) is 4.73. The Labute approximate surface area is 91.8 Å². The standard InChI is InChI=1S/C11H11FN2O2/c1-15-10-3-2-8(12)4-9(10)11-7(5-13)6-14-16-11/h2-4,6H,5,13H2,1H3. The fourth-order valence-electron chi connectivity index (χ4n) is 1.49. The number of nitrogens with zero attached hydrogens (tertiary/aromatic N) is 1. The quantitative estimate of drug-likeness (QED) is 0.862. The molecule has 1 aromatic carbocycles. The third-order valence-electron chi connectivity index (χ3n) is 2.27. The summed E-state index contributed by atoms with van der Waals surface area (Å²) in [6.45, 7) is 0.276. The van der Waals surface area contributed by atoms with Gasteiger partial charge in [0.05, 0.1) is 18.9 Å². The van der Waals surface area contributed by atoms with Gasteiger partial charge < -0.3 is 15.0 Å². The predicted molar refractivity (Wildman–Crippen MR) is 56.3 cm³/mol. The van der Waals surface area contributed by atoms with Crippen molar-refractivity contribution in [3.8, 4) is 17.1 Å². The van der Waals surface area contributed by atoms with E-state index in [1.165, 1.54) is 31.5 Å². The van der Waals surface area contributed by atoms with Crippen LogP contribution in [0.5, 0.6) is 5.75 Å². The summed E-state index contributed by atoms with van der Waals surface area (Å²) in [5.74, 6) is 0.599. The summed E-state index contributed by atoms with van der Waals surface area (Å²) in [4.78, 5) is 0. The highest BCUT2D eigenvalue weighted by Crippen LogP contribution is 2.32. The summed E-state index contributed by atoms with van der Waals surface area (Å²) in [6.07, 6.45) is 1.51. The van der Waals surface area contributed by atoms with Gasteiger partial charge in [0.15, 0.2) is 5.76 Å². The topological polar surface area (TPSA) is 61.3 Å². The molecule has 2 rings (SSSR count). The van der Waals surface area contributed by atoms with Crippen LogP contribution in [0.3, 0.4) is 0 Å². The van der Waals surface area contributed by atoms with Crippen molar-refractivity contribution in [2.24, 2.45) is 5.73 Å². The minimum absolute atomic E-state index is 0.276. The van der Waals surface area contributed by atoms with Gasteiger partial charge in [0.25, 0.3) is 0 Å². The molecule has 0 radical (unpaired) electrons. The third kappa shape index (κ3) is 1.77. The van der Waals surface area contributed by atoms with Crippen LogP contribution in [0, 0.1) is 5.82 Å². The van der Waals surface area contributed by atoms with E-state index >= 15 is 0 Å². The van der Waals surface area contributed by atoms with Crippen LogP contribution >= 0.6 is 0 Å². The first-order valence-corrected chi connectivity index (χ1v) is 4.73. The summed E-state index contributed by atoms with van der Waals surface area (Å²) in [7, 11) is 1.51.